The van der Waals surface area contributed by atoms with Crippen molar-refractivity contribution in [3.05, 3.63) is 83.4 Å². The summed E-state index contributed by atoms with van der Waals surface area (Å²) in [5, 5.41) is 2.29. The summed E-state index contributed by atoms with van der Waals surface area (Å²) in [4.78, 5) is 0. The molecule has 0 heterocycles. The molecule has 0 saturated carbocycles. The number of benzene rings is 3. The first-order valence-corrected chi connectivity index (χ1v) is 6.65. The molecule has 1 heteroatoms. The van der Waals surface area contributed by atoms with E-state index in [0.717, 1.165) is 16.5 Å². The zero-order valence-corrected chi connectivity index (χ0v) is 11.3. The second-order valence-electron chi connectivity index (χ2n) is 4.96. The van der Waals surface area contributed by atoms with Crippen molar-refractivity contribution in [3.63, 3.8) is 0 Å². The lowest BCUT2D eigenvalue weighted by molar-refractivity contribution is 0.765. The summed E-state index contributed by atoms with van der Waals surface area (Å²) in [5.74, 6) is -0.208. The Morgan fingerprint density at radius 2 is 1.55 bits per heavy atom. The molecule has 0 saturated heterocycles. The zero-order chi connectivity index (χ0) is 13.9. The van der Waals surface area contributed by atoms with Gasteiger partial charge >= 0.3 is 0 Å². The molecule has 0 nitrogen and oxygen atoms in total. The molecule has 0 fully saturated rings. The van der Waals surface area contributed by atoms with Gasteiger partial charge in [-0.15, -0.1) is 0 Å². The van der Waals surface area contributed by atoms with Gasteiger partial charge in [0.25, 0.3) is 0 Å². The molecule has 0 aromatic heterocycles. The van der Waals surface area contributed by atoms with Crippen LogP contribution < -0.4 is 0 Å². The van der Waals surface area contributed by atoms with Crippen molar-refractivity contribution in [2.45, 2.75) is 6.92 Å². The van der Waals surface area contributed by atoms with E-state index in [2.05, 4.69) is 6.07 Å². The van der Waals surface area contributed by atoms with Crippen LogP contribution in [0.5, 0.6) is 0 Å². The lowest BCUT2D eigenvalue weighted by atomic mass is 10.1. The Bertz CT molecular complexity index is 767. The maximum absolute atomic E-state index is 14.2. The number of rotatable bonds is 2. The Morgan fingerprint density at radius 1 is 0.850 bits per heavy atom. The fourth-order valence-corrected chi connectivity index (χ4v) is 2.24. The molecule has 0 aliphatic heterocycles. The first-order valence-electron chi connectivity index (χ1n) is 6.65. The first kappa shape index (κ1) is 12.6. The van der Waals surface area contributed by atoms with Gasteiger partial charge in [0.1, 0.15) is 5.83 Å². The van der Waals surface area contributed by atoms with Gasteiger partial charge in [0.2, 0.25) is 0 Å². The number of hydrogen-bond donors (Lipinski definition) is 0. The molecule has 0 bridgehead atoms. The van der Waals surface area contributed by atoms with Crippen LogP contribution in [-0.4, -0.2) is 0 Å². The molecular weight excluding hydrogens is 247 g/mol. The highest BCUT2D eigenvalue weighted by molar-refractivity contribution is 5.87. The molecule has 0 amide bonds. The highest BCUT2D eigenvalue weighted by Gasteiger charge is 2.01. The molecule has 3 aromatic rings. The van der Waals surface area contributed by atoms with Crippen molar-refractivity contribution in [2.24, 2.45) is 0 Å². The van der Waals surface area contributed by atoms with E-state index in [-0.39, 0.29) is 5.83 Å². The summed E-state index contributed by atoms with van der Waals surface area (Å²) >= 11 is 0. The predicted octanol–water partition coefficient (Wildman–Crippen LogP) is 5.62. The maximum atomic E-state index is 14.2. The zero-order valence-electron chi connectivity index (χ0n) is 11.3. The molecule has 0 aliphatic carbocycles. The molecule has 98 valence electrons. The van der Waals surface area contributed by atoms with Crippen molar-refractivity contribution in [2.75, 3.05) is 0 Å². The van der Waals surface area contributed by atoms with Gasteiger partial charge in [0.15, 0.2) is 0 Å². The van der Waals surface area contributed by atoms with Crippen molar-refractivity contribution in [1.82, 2.24) is 0 Å². The van der Waals surface area contributed by atoms with Gasteiger partial charge in [-0.25, -0.2) is 4.39 Å². The summed E-state index contributed by atoms with van der Waals surface area (Å²) in [6, 6.07) is 21.5. The third kappa shape index (κ3) is 2.62. The highest BCUT2D eigenvalue weighted by atomic mass is 19.1. The van der Waals surface area contributed by atoms with Crippen LogP contribution in [0, 0.1) is 6.92 Å². The topological polar surface area (TPSA) is 0 Å². The summed E-state index contributed by atoms with van der Waals surface area (Å²) < 4.78 is 14.2. The fourth-order valence-electron chi connectivity index (χ4n) is 2.24. The highest BCUT2D eigenvalue weighted by Crippen LogP contribution is 2.22. The lowest BCUT2D eigenvalue weighted by Gasteiger charge is -2.02. The first-order chi connectivity index (χ1) is 9.72. The Kier molecular flexibility index (Phi) is 3.34. The Hall–Kier alpha value is -2.41. The molecular formula is C19H15F. The summed E-state index contributed by atoms with van der Waals surface area (Å²) in [6.45, 7) is 1.99. The Labute approximate surface area is 118 Å². The van der Waals surface area contributed by atoms with Gasteiger partial charge in [-0.3, -0.25) is 0 Å². The second-order valence-corrected chi connectivity index (χ2v) is 4.96. The lowest BCUT2D eigenvalue weighted by Crippen LogP contribution is -1.80. The number of aryl methyl sites for hydroxylation is 1. The van der Waals surface area contributed by atoms with Gasteiger partial charge in [-0.05, 0) is 35.4 Å². The molecule has 0 unspecified atom stereocenters. The van der Waals surface area contributed by atoms with E-state index in [9.17, 15) is 4.39 Å². The van der Waals surface area contributed by atoms with Crippen molar-refractivity contribution >= 4 is 22.7 Å². The van der Waals surface area contributed by atoms with Crippen LogP contribution in [0.2, 0.25) is 0 Å². The standard InChI is InChI=1S/C19H15F/c1-14-6-9-17(10-7-14)19(20)13-15-8-11-16-4-2-3-5-18(16)12-15/h2-13H,1H3/b19-13-. The Balaban J connectivity index is 1.98. The fraction of sp³-hybridized carbons (Fsp3) is 0.0526. The molecule has 0 aliphatic rings. The number of fused-ring (bicyclic) bond motifs is 1. The molecule has 0 spiro atoms. The van der Waals surface area contributed by atoms with E-state index in [1.54, 1.807) is 6.08 Å². The van der Waals surface area contributed by atoms with E-state index in [4.69, 9.17) is 0 Å². The third-order valence-corrected chi connectivity index (χ3v) is 3.39. The average molecular weight is 262 g/mol. The van der Waals surface area contributed by atoms with Gasteiger partial charge in [0, 0.05) is 5.56 Å². The van der Waals surface area contributed by atoms with Crippen LogP contribution in [0.4, 0.5) is 4.39 Å². The van der Waals surface area contributed by atoms with E-state index >= 15 is 0 Å². The third-order valence-electron chi connectivity index (χ3n) is 3.39. The van der Waals surface area contributed by atoms with Crippen LogP contribution in [-0.2, 0) is 0 Å². The molecule has 0 N–H and O–H groups in total. The van der Waals surface area contributed by atoms with Crippen molar-refractivity contribution in [1.29, 1.82) is 0 Å². The van der Waals surface area contributed by atoms with Crippen LogP contribution >= 0.6 is 0 Å². The maximum Gasteiger partial charge on any atom is 0.131 e. The molecule has 0 radical (unpaired) electrons. The predicted molar refractivity (Wildman–Crippen MR) is 84.1 cm³/mol. The minimum absolute atomic E-state index is 0.208. The van der Waals surface area contributed by atoms with Gasteiger partial charge in [-0.2, -0.15) is 0 Å². The number of halogens is 1. The normalized spacial score (nSPS) is 11.8. The van der Waals surface area contributed by atoms with E-state index in [1.165, 1.54) is 5.39 Å². The van der Waals surface area contributed by atoms with Crippen molar-refractivity contribution in [3.8, 4) is 0 Å². The number of hydrogen-bond acceptors (Lipinski definition) is 0. The molecule has 20 heavy (non-hydrogen) atoms. The quantitative estimate of drug-likeness (QED) is 0.526. The van der Waals surface area contributed by atoms with Crippen molar-refractivity contribution < 1.29 is 4.39 Å². The summed E-state index contributed by atoms with van der Waals surface area (Å²) in [7, 11) is 0. The minimum atomic E-state index is -0.208. The molecule has 0 atom stereocenters. The van der Waals surface area contributed by atoms with E-state index in [0.29, 0.717) is 5.56 Å². The smallest absolute Gasteiger partial charge is 0.131 e. The van der Waals surface area contributed by atoms with E-state index in [1.807, 2.05) is 67.6 Å². The molecule has 3 rings (SSSR count). The van der Waals surface area contributed by atoms with Gasteiger partial charge in [-0.1, -0.05) is 66.2 Å². The second kappa shape index (κ2) is 5.30. The largest absolute Gasteiger partial charge is 0.206 e. The summed E-state index contributed by atoms with van der Waals surface area (Å²) in [5.41, 5.74) is 2.62. The van der Waals surface area contributed by atoms with Crippen LogP contribution in [0.3, 0.4) is 0 Å². The van der Waals surface area contributed by atoms with Crippen LogP contribution in [0.15, 0.2) is 66.7 Å². The monoisotopic (exact) mass is 262 g/mol. The Morgan fingerprint density at radius 3 is 2.30 bits per heavy atom. The van der Waals surface area contributed by atoms with Gasteiger partial charge in [0.05, 0.1) is 0 Å². The van der Waals surface area contributed by atoms with Crippen LogP contribution in [0.1, 0.15) is 16.7 Å². The van der Waals surface area contributed by atoms with Gasteiger partial charge < -0.3 is 0 Å². The van der Waals surface area contributed by atoms with E-state index < -0.39 is 0 Å². The SMILES string of the molecule is Cc1ccc(/C(F)=C/c2ccc3ccccc3c2)cc1. The average Bonchev–Trinajstić information content (AvgIpc) is 2.48. The minimum Gasteiger partial charge on any atom is -0.206 e. The van der Waals surface area contributed by atoms with Crippen LogP contribution in [0.25, 0.3) is 22.7 Å². The summed E-state index contributed by atoms with van der Waals surface area (Å²) in [6.07, 6.45) is 1.58. The molecule has 3 aromatic carbocycles.